The minimum absolute atomic E-state index is 0.324. The van der Waals surface area contributed by atoms with Crippen LogP contribution in [0.5, 0.6) is 0 Å². The molecule has 0 saturated heterocycles. The lowest BCUT2D eigenvalue weighted by Crippen LogP contribution is -2.26. The second-order valence-electron chi connectivity index (χ2n) is 5.39. The minimum Gasteiger partial charge on any atom is -0.439 e. The standard InChI is InChI=1S/C17H15N3O4S/c1-25(23)10-12-5-4-6-13(9-12)17(22)24-11-20-16(21)14-7-2-3-8-15(14)18-19-20/h2-9H,10-11H2,1H3. The van der Waals surface area contributed by atoms with Gasteiger partial charge in [0, 0.05) is 22.8 Å². The van der Waals surface area contributed by atoms with E-state index in [4.69, 9.17) is 4.74 Å². The van der Waals surface area contributed by atoms with E-state index in [1.54, 1.807) is 54.8 Å². The van der Waals surface area contributed by atoms with Gasteiger partial charge in [0.15, 0.2) is 6.73 Å². The van der Waals surface area contributed by atoms with Crippen LogP contribution >= 0.6 is 0 Å². The first-order chi connectivity index (χ1) is 12.0. The SMILES string of the molecule is CS(=O)Cc1cccc(C(=O)OCn2nnc3ccccc3c2=O)c1. The number of hydrogen-bond donors (Lipinski definition) is 0. The fraction of sp³-hybridized carbons (Fsp3) is 0.176. The first-order valence-corrected chi connectivity index (χ1v) is 9.16. The smallest absolute Gasteiger partial charge is 0.339 e. The Morgan fingerprint density at radius 3 is 2.80 bits per heavy atom. The molecule has 7 nitrogen and oxygen atoms in total. The zero-order valence-corrected chi connectivity index (χ0v) is 14.2. The second kappa shape index (κ2) is 7.35. The number of nitrogens with zero attached hydrogens (tertiary/aromatic N) is 3. The molecule has 0 aliphatic heterocycles. The molecule has 3 aromatic rings. The van der Waals surface area contributed by atoms with Gasteiger partial charge in [-0.1, -0.05) is 29.5 Å². The summed E-state index contributed by atoms with van der Waals surface area (Å²) in [4.78, 5) is 24.5. The fourth-order valence-corrected chi connectivity index (χ4v) is 2.98. The first kappa shape index (κ1) is 17.0. The molecule has 1 atom stereocenters. The molecule has 0 fully saturated rings. The van der Waals surface area contributed by atoms with Crippen LogP contribution in [0.1, 0.15) is 15.9 Å². The minimum atomic E-state index is -1.00. The number of carbonyl (C=O) groups is 1. The van der Waals surface area contributed by atoms with Crippen LogP contribution in [0.25, 0.3) is 10.9 Å². The summed E-state index contributed by atoms with van der Waals surface area (Å²) < 4.78 is 17.4. The predicted molar refractivity (Wildman–Crippen MR) is 93.4 cm³/mol. The molecule has 0 saturated carbocycles. The Kier molecular flexibility index (Phi) is 4.99. The molecular weight excluding hydrogens is 342 g/mol. The Morgan fingerprint density at radius 2 is 2.00 bits per heavy atom. The van der Waals surface area contributed by atoms with Gasteiger partial charge in [0.25, 0.3) is 5.56 Å². The number of esters is 1. The van der Waals surface area contributed by atoms with E-state index in [0.29, 0.717) is 22.2 Å². The molecule has 0 amide bonds. The van der Waals surface area contributed by atoms with E-state index in [9.17, 15) is 13.8 Å². The Balaban J connectivity index is 1.75. The van der Waals surface area contributed by atoms with Crippen molar-refractivity contribution in [1.82, 2.24) is 15.0 Å². The molecule has 1 aromatic heterocycles. The van der Waals surface area contributed by atoms with Gasteiger partial charge in [-0.15, -0.1) is 5.10 Å². The molecule has 0 radical (unpaired) electrons. The van der Waals surface area contributed by atoms with Crippen LogP contribution in [0.2, 0.25) is 0 Å². The van der Waals surface area contributed by atoms with E-state index >= 15 is 0 Å². The lowest BCUT2D eigenvalue weighted by atomic mass is 10.1. The van der Waals surface area contributed by atoms with Gasteiger partial charge in [-0.05, 0) is 29.8 Å². The maximum absolute atomic E-state index is 12.3. The molecule has 0 spiro atoms. The predicted octanol–water partition coefficient (Wildman–Crippen LogP) is 1.48. The summed E-state index contributed by atoms with van der Waals surface area (Å²) in [7, 11) is -1.00. The van der Waals surface area contributed by atoms with Gasteiger partial charge in [-0.2, -0.15) is 4.68 Å². The molecule has 0 aliphatic rings. The topological polar surface area (TPSA) is 91.2 Å². The summed E-state index contributed by atoms with van der Waals surface area (Å²) in [6.45, 7) is -0.334. The lowest BCUT2D eigenvalue weighted by Gasteiger charge is -2.07. The molecule has 2 aromatic carbocycles. The highest BCUT2D eigenvalue weighted by Crippen LogP contribution is 2.09. The molecule has 8 heteroatoms. The molecule has 0 bridgehead atoms. The zero-order valence-electron chi connectivity index (χ0n) is 13.4. The van der Waals surface area contributed by atoms with Gasteiger partial charge in [0.1, 0.15) is 5.52 Å². The van der Waals surface area contributed by atoms with E-state index in [-0.39, 0.29) is 12.3 Å². The fourth-order valence-electron chi connectivity index (χ4n) is 2.33. The highest BCUT2D eigenvalue weighted by Gasteiger charge is 2.11. The highest BCUT2D eigenvalue weighted by atomic mass is 32.2. The van der Waals surface area contributed by atoms with Gasteiger partial charge in [0.05, 0.1) is 10.9 Å². The maximum atomic E-state index is 12.3. The third-order valence-electron chi connectivity index (χ3n) is 3.48. The Hall–Kier alpha value is -2.87. The van der Waals surface area contributed by atoms with Gasteiger partial charge in [-0.25, -0.2) is 4.79 Å². The van der Waals surface area contributed by atoms with Crippen LogP contribution in [0.15, 0.2) is 53.3 Å². The molecule has 0 N–H and O–H groups in total. The zero-order chi connectivity index (χ0) is 17.8. The number of aromatic nitrogens is 3. The monoisotopic (exact) mass is 357 g/mol. The van der Waals surface area contributed by atoms with E-state index in [2.05, 4.69) is 10.3 Å². The number of ether oxygens (including phenoxy) is 1. The lowest BCUT2D eigenvalue weighted by molar-refractivity contribution is 0.0336. The third-order valence-corrected chi connectivity index (χ3v) is 4.22. The number of fused-ring (bicyclic) bond motifs is 1. The second-order valence-corrected chi connectivity index (χ2v) is 6.83. The summed E-state index contributed by atoms with van der Waals surface area (Å²) in [6.07, 6.45) is 1.59. The number of hydrogen-bond acceptors (Lipinski definition) is 6. The average Bonchev–Trinajstić information content (AvgIpc) is 2.61. The van der Waals surface area contributed by atoms with Crippen molar-refractivity contribution in [1.29, 1.82) is 0 Å². The average molecular weight is 357 g/mol. The van der Waals surface area contributed by atoms with Gasteiger partial charge >= 0.3 is 5.97 Å². The Morgan fingerprint density at radius 1 is 1.20 bits per heavy atom. The molecule has 128 valence electrons. The maximum Gasteiger partial charge on any atom is 0.339 e. The van der Waals surface area contributed by atoms with E-state index in [1.165, 1.54) is 0 Å². The number of benzene rings is 2. The Labute approximate surface area is 145 Å². The summed E-state index contributed by atoms with van der Waals surface area (Å²) in [5, 5.41) is 8.10. The summed E-state index contributed by atoms with van der Waals surface area (Å²) in [5.74, 6) is -0.234. The molecule has 3 rings (SSSR count). The van der Waals surface area contributed by atoms with Crippen molar-refractivity contribution in [2.45, 2.75) is 12.5 Å². The quantitative estimate of drug-likeness (QED) is 0.643. The van der Waals surface area contributed by atoms with Crippen LogP contribution in [0.3, 0.4) is 0 Å². The number of carbonyl (C=O) groups excluding carboxylic acids is 1. The van der Waals surface area contributed by atoms with E-state index in [0.717, 1.165) is 10.2 Å². The van der Waals surface area contributed by atoms with Gasteiger partial charge < -0.3 is 4.74 Å². The normalized spacial score (nSPS) is 12.0. The summed E-state index contributed by atoms with van der Waals surface area (Å²) in [6, 6.07) is 13.5. The van der Waals surface area contributed by atoms with Crippen molar-refractivity contribution >= 4 is 27.7 Å². The first-order valence-electron chi connectivity index (χ1n) is 7.43. The molecule has 1 heterocycles. The van der Waals surface area contributed by atoms with Crippen molar-refractivity contribution in [2.24, 2.45) is 0 Å². The van der Waals surface area contributed by atoms with Crippen molar-refractivity contribution < 1.29 is 13.7 Å². The third kappa shape index (κ3) is 3.97. The molecule has 0 aliphatic carbocycles. The van der Waals surface area contributed by atoms with Crippen molar-refractivity contribution in [3.8, 4) is 0 Å². The van der Waals surface area contributed by atoms with Crippen LogP contribution < -0.4 is 5.56 Å². The van der Waals surface area contributed by atoms with Crippen LogP contribution in [-0.2, 0) is 28.0 Å². The van der Waals surface area contributed by atoms with Crippen LogP contribution in [0, 0.1) is 0 Å². The molecule has 1 unspecified atom stereocenters. The van der Waals surface area contributed by atoms with Gasteiger partial charge in [-0.3, -0.25) is 9.00 Å². The summed E-state index contributed by atoms with van der Waals surface area (Å²) in [5.41, 5.74) is 1.20. The van der Waals surface area contributed by atoms with Crippen molar-refractivity contribution in [3.63, 3.8) is 0 Å². The summed E-state index contributed by atoms with van der Waals surface area (Å²) >= 11 is 0. The van der Waals surface area contributed by atoms with Crippen molar-refractivity contribution in [2.75, 3.05) is 6.26 Å². The van der Waals surface area contributed by atoms with Gasteiger partial charge in [0.2, 0.25) is 0 Å². The van der Waals surface area contributed by atoms with Crippen molar-refractivity contribution in [3.05, 3.63) is 70.0 Å². The van der Waals surface area contributed by atoms with E-state index in [1.807, 2.05) is 0 Å². The van der Waals surface area contributed by atoms with Crippen LogP contribution in [-0.4, -0.2) is 31.4 Å². The largest absolute Gasteiger partial charge is 0.439 e. The Bertz CT molecular complexity index is 1020. The number of rotatable bonds is 5. The highest BCUT2D eigenvalue weighted by molar-refractivity contribution is 7.83. The van der Waals surface area contributed by atoms with E-state index < -0.39 is 16.8 Å². The van der Waals surface area contributed by atoms with Crippen LogP contribution in [0.4, 0.5) is 0 Å². The molecule has 25 heavy (non-hydrogen) atoms. The molecular formula is C17H15N3O4S.